The van der Waals surface area contributed by atoms with E-state index in [-0.39, 0.29) is 17.9 Å². The van der Waals surface area contributed by atoms with E-state index in [1.807, 2.05) is 18.9 Å². The van der Waals surface area contributed by atoms with Gasteiger partial charge in [-0.25, -0.2) is 0 Å². The molecule has 1 atom stereocenters. The molecule has 0 fully saturated rings. The zero-order valence-electron chi connectivity index (χ0n) is 21.9. The van der Waals surface area contributed by atoms with Gasteiger partial charge in [-0.1, -0.05) is 51.7 Å². The average molecular weight is 504 g/mol. The Morgan fingerprint density at radius 2 is 1.38 bits per heavy atom. The number of ether oxygens (including phenoxy) is 3. The summed E-state index contributed by atoms with van der Waals surface area (Å²) in [6.45, 7) is 10.3. The molecule has 3 N–H and O–H groups in total. The van der Waals surface area contributed by atoms with Crippen molar-refractivity contribution in [2.45, 2.75) is 78.2 Å². The zero-order valence-corrected chi connectivity index (χ0v) is 22.8. The quantitative estimate of drug-likeness (QED) is 0.163. The zero-order chi connectivity index (χ0) is 25.6. The van der Waals surface area contributed by atoms with E-state index < -0.39 is 0 Å². The summed E-state index contributed by atoms with van der Waals surface area (Å²) in [6, 6.07) is 0.0375. The minimum absolute atomic E-state index is 0.0185. The molecule has 34 heavy (non-hydrogen) atoms. The predicted octanol–water partition coefficient (Wildman–Crippen LogP) is 3.10. The summed E-state index contributed by atoms with van der Waals surface area (Å²) < 4.78 is 15.9. The first-order valence-electron chi connectivity index (χ1n) is 12.8. The molecule has 0 aliphatic rings. The Hall–Kier alpha value is -1.13. The van der Waals surface area contributed by atoms with Gasteiger partial charge < -0.3 is 30.2 Å². The van der Waals surface area contributed by atoms with Crippen LogP contribution in [0.5, 0.6) is 0 Å². The van der Waals surface area contributed by atoms with Gasteiger partial charge >= 0.3 is 0 Å². The van der Waals surface area contributed by atoms with Crippen LogP contribution in [-0.4, -0.2) is 87.4 Å². The van der Waals surface area contributed by atoms with Crippen LogP contribution in [0, 0.1) is 5.92 Å². The van der Waals surface area contributed by atoms with Gasteiger partial charge in [0.15, 0.2) is 0 Å². The first-order valence-corrected chi connectivity index (χ1v) is 13.2. The SMILES string of the molecule is CC(=S)[C@H](C(C)C)N(C)C(=O)CCCCCCCCNC(=O)CCOCCOCCOCCN. The summed E-state index contributed by atoms with van der Waals surface area (Å²) in [5, 5.41) is 2.93. The van der Waals surface area contributed by atoms with Crippen molar-refractivity contribution in [2.24, 2.45) is 11.7 Å². The van der Waals surface area contributed by atoms with Crippen LogP contribution in [0.1, 0.15) is 72.1 Å². The summed E-state index contributed by atoms with van der Waals surface area (Å²) in [6.07, 6.45) is 7.19. The largest absolute Gasteiger partial charge is 0.379 e. The van der Waals surface area contributed by atoms with Crippen LogP contribution in [0.3, 0.4) is 0 Å². The minimum atomic E-state index is 0.0185. The van der Waals surface area contributed by atoms with Crippen molar-refractivity contribution in [3.05, 3.63) is 0 Å². The molecule has 0 aliphatic carbocycles. The Kier molecular flexibility index (Phi) is 21.6. The molecule has 200 valence electrons. The van der Waals surface area contributed by atoms with Crippen molar-refractivity contribution >= 4 is 28.9 Å². The summed E-state index contributed by atoms with van der Waals surface area (Å²) in [5.41, 5.74) is 5.32. The van der Waals surface area contributed by atoms with Crippen molar-refractivity contribution in [1.29, 1.82) is 0 Å². The summed E-state index contributed by atoms with van der Waals surface area (Å²) in [4.78, 5) is 26.9. The van der Waals surface area contributed by atoms with Crippen LogP contribution >= 0.6 is 12.2 Å². The number of thiocarbonyl (C=S) groups is 1. The number of rotatable bonds is 23. The normalized spacial score (nSPS) is 12.1. The van der Waals surface area contributed by atoms with Gasteiger partial charge in [-0.05, 0) is 25.7 Å². The van der Waals surface area contributed by atoms with Crippen molar-refractivity contribution < 1.29 is 23.8 Å². The molecule has 0 saturated heterocycles. The molecule has 0 aliphatic heterocycles. The van der Waals surface area contributed by atoms with Crippen LogP contribution in [0.2, 0.25) is 0 Å². The smallest absolute Gasteiger partial charge is 0.222 e. The van der Waals surface area contributed by atoms with E-state index in [4.69, 9.17) is 32.2 Å². The minimum Gasteiger partial charge on any atom is -0.379 e. The number of hydrogen-bond acceptors (Lipinski definition) is 7. The number of nitrogens with one attached hydrogen (secondary N) is 1. The number of hydrogen-bond donors (Lipinski definition) is 2. The molecule has 0 bridgehead atoms. The molecule has 0 aromatic rings. The van der Waals surface area contributed by atoms with Crippen LogP contribution in [-0.2, 0) is 23.8 Å². The van der Waals surface area contributed by atoms with Crippen molar-refractivity contribution in [3.8, 4) is 0 Å². The second kappa shape index (κ2) is 22.3. The molecular weight excluding hydrogens is 454 g/mol. The van der Waals surface area contributed by atoms with Crippen LogP contribution in [0.25, 0.3) is 0 Å². The second-order valence-corrected chi connectivity index (χ2v) is 9.55. The third-order valence-electron chi connectivity index (χ3n) is 5.48. The Morgan fingerprint density at radius 3 is 1.94 bits per heavy atom. The third kappa shape index (κ3) is 18.2. The molecule has 0 rings (SSSR count). The van der Waals surface area contributed by atoms with E-state index in [1.165, 1.54) is 0 Å². The Labute approximate surface area is 212 Å². The Balaban J connectivity index is 3.52. The number of carbonyl (C=O) groups excluding carboxylic acids is 2. The van der Waals surface area contributed by atoms with Crippen LogP contribution in [0.15, 0.2) is 0 Å². The van der Waals surface area contributed by atoms with Gasteiger partial charge in [0.1, 0.15) is 0 Å². The monoisotopic (exact) mass is 503 g/mol. The molecule has 0 aromatic heterocycles. The number of amides is 2. The number of nitrogens with two attached hydrogens (primary N) is 1. The highest BCUT2D eigenvalue weighted by Crippen LogP contribution is 2.15. The van der Waals surface area contributed by atoms with Crippen molar-refractivity contribution in [1.82, 2.24) is 10.2 Å². The van der Waals surface area contributed by atoms with Gasteiger partial charge in [-0.2, -0.15) is 0 Å². The lowest BCUT2D eigenvalue weighted by Gasteiger charge is -2.31. The van der Waals surface area contributed by atoms with E-state index in [0.29, 0.717) is 71.5 Å². The highest BCUT2D eigenvalue weighted by molar-refractivity contribution is 7.80. The van der Waals surface area contributed by atoms with Gasteiger partial charge in [-0.15, -0.1) is 0 Å². The lowest BCUT2D eigenvalue weighted by atomic mass is 9.99. The Bertz CT molecular complexity index is 549. The fourth-order valence-electron chi connectivity index (χ4n) is 3.74. The fraction of sp³-hybridized carbons (Fsp3) is 0.880. The highest BCUT2D eigenvalue weighted by atomic mass is 32.1. The lowest BCUT2D eigenvalue weighted by Crippen LogP contribution is -2.44. The fourth-order valence-corrected chi connectivity index (χ4v) is 4.17. The van der Waals surface area contributed by atoms with Gasteiger partial charge in [0.2, 0.25) is 11.8 Å². The highest BCUT2D eigenvalue weighted by Gasteiger charge is 2.24. The molecule has 2 amide bonds. The molecule has 0 spiro atoms. The van der Waals surface area contributed by atoms with E-state index in [2.05, 4.69) is 19.2 Å². The van der Waals surface area contributed by atoms with E-state index in [0.717, 1.165) is 43.4 Å². The molecule has 0 heterocycles. The molecule has 0 unspecified atom stereocenters. The van der Waals surface area contributed by atoms with Crippen LogP contribution in [0.4, 0.5) is 0 Å². The molecular formula is C25H49N3O5S. The number of nitrogens with zero attached hydrogens (tertiary/aromatic N) is 1. The lowest BCUT2D eigenvalue weighted by molar-refractivity contribution is -0.131. The standard InChI is InChI=1S/C25H49N3O5S/c1-21(2)25(22(3)34)28(4)24(30)11-9-7-5-6-8-10-14-27-23(29)12-15-31-17-19-33-20-18-32-16-13-26/h21,25H,5-20,26H2,1-4H3,(H,27,29)/t25-/m0/s1. The first kappa shape index (κ1) is 32.9. The van der Waals surface area contributed by atoms with Gasteiger partial charge in [0.05, 0.1) is 45.7 Å². The number of carbonyl (C=O) groups is 2. The summed E-state index contributed by atoms with van der Waals surface area (Å²) >= 11 is 5.33. The molecule has 0 aromatic carbocycles. The topological polar surface area (TPSA) is 103 Å². The van der Waals surface area contributed by atoms with Crippen LogP contribution < -0.4 is 11.1 Å². The Morgan fingerprint density at radius 1 is 0.853 bits per heavy atom. The molecule has 8 nitrogen and oxygen atoms in total. The van der Waals surface area contributed by atoms with Gasteiger partial charge in [0.25, 0.3) is 0 Å². The van der Waals surface area contributed by atoms with Crippen molar-refractivity contribution in [2.75, 3.05) is 59.8 Å². The predicted molar refractivity (Wildman–Crippen MR) is 141 cm³/mol. The summed E-state index contributed by atoms with van der Waals surface area (Å²) in [7, 11) is 1.86. The van der Waals surface area contributed by atoms with Gasteiger partial charge in [-0.3, -0.25) is 9.59 Å². The van der Waals surface area contributed by atoms with Crippen molar-refractivity contribution in [3.63, 3.8) is 0 Å². The summed E-state index contributed by atoms with van der Waals surface area (Å²) in [5.74, 6) is 0.525. The average Bonchev–Trinajstić information content (AvgIpc) is 2.78. The van der Waals surface area contributed by atoms with Gasteiger partial charge in [0, 0.05) is 37.8 Å². The number of unbranched alkanes of at least 4 members (excludes halogenated alkanes) is 5. The molecule has 9 heteroatoms. The molecule has 0 saturated carbocycles. The maximum absolute atomic E-state index is 12.4. The van der Waals surface area contributed by atoms with E-state index in [1.54, 1.807) is 0 Å². The van der Waals surface area contributed by atoms with E-state index >= 15 is 0 Å². The second-order valence-electron chi connectivity index (χ2n) is 8.90. The van der Waals surface area contributed by atoms with E-state index in [9.17, 15) is 9.59 Å². The molecule has 0 radical (unpaired) electrons. The maximum atomic E-state index is 12.4. The maximum Gasteiger partial charge on any atom is 0.222 e. The third-order valence-corrected chi connectivity index (χ3v) is 5.72. The first-order chi connectivity index (χ1) is 16.3.